The van der Waals surface area contributed by atoms with Gasteiger partial charge in [-0.1, -0.05) is 16.9 Å². The maximum atomic E-state index is 12.0. The molecule has 0 fully saturated rings. The summed E-state index contributed by atoms with van der Waals surface area (Å²) in [6.07, 6.45) is 1.71. The molecule has 0 saturated carbocycles. The number of nitrogens with zero attached hydrogens (tertiary/aromatic N) is 2. The number of hydrogen-bond donors (Lipinski definition) is 1. The van der Waals surface area contributed by atoms with Crippen molar-refractivity contribution < 1.29 is 14.7 Å². The standard InChI is InChI=1S/C11H12N2O4S/c1-3-13-5-7(11(15)16)9(14)6-4-8(12-17-2)18-10(6)13/h5H,3-4H2,1-2H3,(H,15,16). The second kappa shape index (κ2) is 4.85. The van der Waals surface area contributed by atoms with Crippen molar-refractivity contribution in [2.45, 2.75) is 24.9 Å². The molecule has 1 N–H and O–H groups in total. The lowest BCUT2D eigenvalue weighted by molar-refractivity contribution is 0.0694. The number of oxime groups is 1. The molecular formula is C11H12N2O4S. The van der Waals surface area contributed by atoms with Crippen molar-refractivity contribution in [1.29, 1.82) is 0 Å². The van der Waals surface area contributed by atoms with E-state index in [1.165, 1.54) is 25.1 Å². The molecule has 2 rings (SSSR count). The number of rotatable bonds is 3. The molecule has 18 heavy (non-hydrogen) atoms. The molecule has 0 bridgehead atoms. The highest BCUT2D eigenvalue weighted by Gasteiger charge is 2.27. The average Bonchev–Trinajstić information content (AvgIpc) is 2.74. The molecule has 7 heteroatoms. The Morgan fingerprint density at radius 3 is 2.94 bits per heavy atom. The highest BCUT2D eigenvalue weighted by atomic mass is 32.2. The number of carboxylic acids is 1. The largest absolute Gasteiger partial charge is 0.477 e. The Labute approximate surface area is 107 Å². The fraction of sp³-hybridized carbons (Fsp3) is 0.364. The number of aromatic nitrogens is 1. The van der Waals surface area contributed by atoms with Crippen molar-refractivity contribution in [1.82, 2.24) is 4.57 Å². The third-order valence-corrected chi connectivity index (χ3v) is 3.76. The Morgan fingerprint density at radius 1 is 1.67 bits per heavy atom. The minimum Gasteiger partial charge on any atom is -0.477 e. The SMILES string of the molecule is CCn1cc(C(=O)O)c(=O)c2c1SC(=NOC)C2. The van der Waals surface area contributed by atoms with Crippen molar-refractivity contribution in [3.05, 3.63) is 27.5 Å². The van der Waals surface area contributed by atoms with Crippen LogP contribution in [0.5, 0.6) is 0 Å². The molecule has 0 radical (unpaired) electrons. The van der Waals surface area contributed by atoms with Crippen LogP contribution >= 0.6 is 11.8 Å². The van der Waals surface area contributed by atoms with Crippen LogP contribution in [0.3, 0.4) is 0 Å². The van der Waals surface area contributed by atoms with Gasteiger partial charge in [0.05, 0.1) is 5.03 Å². The van der Waals surface area contributed by atoms with Gasteiger partial charge in [0.15, 0.2) is 0 Å². The number of thioether (sulfide) groups is 1. The van der Waals surface area contributed by atoms with Gasteiger partial charge in [-0.3, -0.25) is 4.79 Å². The molecule has 96 valence electrons. The Hall–Kier alpha value is -1.76. The molecule has 0 spiro atoms. The van der Waals surface area contributed by atoms with Gasteiger partial charge in [-0.2, -0.15) is 0 Å². The number of carboxylic acid groups (broad SMARTS) is 1. The number of aryl methyl sites for hydroxylation is 1. The molecule has 0 unspecified atom stereocenters. The van der Waals surface area contributed by atoms with Gasteiger partial charge in [0.1, 0.15) is 17.7 Å². The zero-order valence-electron chi connectivity index (χ0n) is 9.97. The molecule has 0 aliphatic carbocycles. The second-order valence-corrected chi connectivity index (χ2v) is 4.76. The van der Waals surface area contributed by atoms with Gasteiger partial charge >= 0.3 is 5.97 Å². The minimum absolute atomic E-state index is 0.199. The number of carbonyl (C=O) groups is 1. The van der Waals surface area contributed by atoms with Gasteiger partial charge in [-0.15, -0.1) is 0 Å². The molecule has 0 amide bonds. The summed E-state index contributed by atoms with van der Waals surface area (Å²) in [5, 5.41) is 14.2. The molecule has 1 aromatic rings. The summed E-state index contributed by atoms with van der Waals surface area (Å²) in [5.74, 6) is -1.20. The fourth-order valence-electron chi connectivity index (χ4n) is 1.82. The van der Waals surface area contributed by atoms with Crippen LogP contribution in [0, 0.1) is 0 Å². The van der Waals surface area contributed by atoms with Crippen molar-refractivity contribution in [2.24, 2.45) is 5.16 Å². The van der Waals surface area contributed by atoms with Gasteiger partial charge in [0.2, 0.25) is 5.43 Å². The lowest BCUT2D eigenvalue weighted by atomic mass is 10.1. The van der Waals surface area contributed by atoms with E-state index in [1.54, 1.807) is 4.57 Å². The predicted molar refractivity (Wildman–Crippen MR) is 67.3 cm³/mol. The summed E-state index contributed by atoms with van der Waals surface area (Å²) < 4.78 is 1.75. The van der Waals surface area contributed by atoms with E-state index in [0.717, 1.165) is 5.03 Å². The Balaban J connectivity index is 2.61. The zero-order valence-corrected chi connectivity index (χ0v) is 10.8. The van der Waals surface area contributed by atoms with Crippen molar-refractivity contribution in [3.8, 4) is 0 Å². The zero-order chi connectivity index (χ0) is 13.3. The molecule has 0 aromatic carbocycles. The summed E-state index contributed by atoms with van der Waals surface area (Å²) >= 11 is 1.34. The van der Waals surface area contributed by atoms with Crippen molar-refractivity contribution in [3.63, 3.8) is 0 Å². The monoisotopic (exact) mass is 268 g/mol. The minimum atomic E-state index is -1.20. The second-order valence-electron chi connectivity index (χ2n) is 3.69. The number of aromatic carboxylic acids is 1. The molecule has 0 atom stereocenters. The van der Waals surface area contributed by atoms with Crippen molar-refractivity contribution in [2.75, 3.05) is 7.11 Å². The van der Waals surface area contributed by atoms with Crippen LogP contribution in [0.15, 0.2) is 21.2 Å². The highest BCUT2D eigenvalue weighted by Crippen LogP contribution is 2.32. The fourth-order valence-corrected chi connectivity index (χ4v) is 2.96. The molecule has 2 heterocycles. The van der Waals surface area contributed by atoms with Gasteiger partial charge in [-0.25, -0.2) is 4.79 Å². The van der Waals surface area contributed by atoms with Crippen LogP contribution in [0.4, 0.5) is 0 Å². The molecular weight excluding hydrogens is 256 g/mol. The van der Waals surface area contributed by atoms with Gasteiger partial charge in [0, 0.05) is 24.7 Å². The topological polar surface area (TPSA) is 80.9 Å². The third-order valence-electron chi connectivity index (χ3n) is 2.63. The van der Waals surface area contributed by atoms with Gasteiger partial charge < -0.3 is 14.5 Å². The lowest BCUT2D eigenvalue weighted by Crippen LogP contribution is -2.22. The maximum Gasteiger partial charge on any atom is 0.341 e. The first-order valence-electron chi connectivity index (χ1n) is 5.36. The maximum absolute atomic E-state index is 12.0. The first-order valence-corrected chi connectivity index (χ1v) is 6.17. The van der Waals surface area contributed by atoms with E-state index in [2.05, 4.69) is 9.99 Å². The lowest BCUT2D eigenvalue weighted by Gasteiger charge is -2.09. The first-order chi connectivity index (χ1) is 8.58. The first kappa shape index (κ1) is 12.7. The van der Waals surface area contributed by atoms with Crippen LogP contribution in [-0.4, -0.2) is 27.8 Å². The Bertz CT molecular complexity index is 591. The van der Waals surface area contributed by atoms with Crippen LogP contribution in [0.1, 0.15) is 22.8 Å². The van der Waals surface area contributed by atoms with E-state index in [0.29, 0.717) is 23.6 Å². The molecule has 1 aliphatic heterocycles. The quantitative estimate of drug-likeness (QED) is 0.832. The molecule has 0 saturated heterocycles. The third kappa shape index (κ3) is 2.01. The average molecular weight is 268 g/mol. The van der Waals surface area contributed by atoms with E-state index in [9.17, 15) is 9.59 Å². The summed E-state index contributed by atoms with van der Waals surface area (Å²) in [6, 6.07) is 0. The molecule has 1 aromatic heterocycles. The van der Waals surface area contributed by atoms with Crippen LogP contribution in [0.2, 0.25) is 0 Å². The molecule has 6 nitrogen and oxygen atoms in total. The van der Waals surface area contributed by atoms with E-state index in [-0.39, 0.29) is 5.56 Å². The smallest absolute Gasteiger partial charge is 0.341 e. The summed E-state index contributed by atoms with van der Waals surface area (Å²) in [4.78, 5) is 27.7. The number of fused-ring (bicyclic) bond motifs is 1. The van der Waals surface area contributed by atoms with E-state index < -0.39 is 11.4 Å². The molecule has 1 aliphatic rings. The van der Waals surface area contributed by atoms with Crippen molar-refractivity contribution >= 4 is 22.8 Å². The van der Waals surface area contributed by atoms with E-state index in [1.807, 2.05) is 6.92 Å². The summed E-state index contributed by atoms with van der Waals surface area (Å²) in [5.41, 5.74) is -0.150. The predicted octanol–water partition coefficient (Wildman–Crippen LogP) is 1.17. The Morgan fingerprint density at radius 2 is 2.39 bits per heavy atom. The number of hydrogen-bond acceptors (Lipinski definition) is 5. The van der Waals surface area contributed by atoms with Crippen LogP contribution < -0.4 is 5.43 Å². The van der Waals surface area contributed by atoms with Gasteiger partial charge in [-0.05, 0) is 6.92 Å². The Kier molecular flexibility index (Phi) is 3.42. The number of pyridine rings is 1. The highest BCUT2D eigenvalue weighted by molar-refractivity contribution is 8.14. The normalized spacial score (nSPS) is 15.8. The van der Waals surface area contributed by atoms with Crippen LogP contribution in [-0.2, 0) is 17.8 Å². The summed E-state index contributed by atoms with van der Waals surface area (Å²) in [7, 11) is 1.44. The van der Waals surface area contributed by atoms with Gasteiger partial charge in [0.25, 0.3) is 0 Å². The summed E-state index contributed by atoms with van der Waals surface area (Å²) in [6.45, 7) is 2.48. The van der Waals surface area contributed by atoms with Crippen LogP contribution in [0.25, 0.3) is 0 Å². The van der Waals surface area contributed by atoms with E-state index >= 15 is 0 Å². The van der Waals surface area contributed by atoms with E-state index in [4.69, 9.17) is 5.11 Å².